The molecule has 2 atom stereocenters. The van der Waals surface area contributed by atoms with E-state index in [4.69, 9.17) is 18.5 Å². The zero-order chi connectivity index (χ0) is 43.4. The Bertz CT molecular complexity index is 1170. The molecule has 0 radical (unpaired) electrons. The van der Waals surface area contributed by atoms with E-state index < -0.39 is 13.9 Å². The number of carbonyl (C=O) groups is 1. The van der Waals surface area contributed by atoms with Crippen LogP contribution in [-0.2, 0) is 27.9 Å². The number of quaternary nitrogens is 1. The molecule has 0 aliphatic carbocycles. The molecule has 8 nitrogen and oxygen atoms in total. The number of phosphoric ester groups is 1. The van der Waals surface area contributed by atoms with Crippen molar-refractivity contribution in [2.75, 3.05) is 54.1 Å². The molecule has 0 aromatic heterocycles. The van der Waals surface area contributed by atoms with Crippen molar-refractivity contribution in [3.63, 3.8) is 0 Å². The van der Waals surface area contributed by atoms with Crippen molar-refractivity contribution in [3.05, 3.63) is 72.9 Å². The van der Waals surface area contributed by atoms with Crippen LogP contribution in [0.2, 0.25) is 0 Å². The van der Waals surface area contributed by atoms with Crippen molar-refractivity contribution in [2.45, 2.75) is 187 Å². The lowest BCUT2D eigenvalue weighted by atomic mass is 10.1. The molecule has 0 rings (SSSR count). The van der Waals surface area contributed by atoms with Crippen LogP contribution in [0.5, 0.6) is 0 Å². The van der Waals surface area contributed by atoms with E-state index in [9.17, 15) is 14.3 Å². The summed E-state index contributed by atoms with van der Waals surface area (Å²) in [7, 11) is 1.65. The van der Waals surface area contributed by atoms with Gasteiger partial charge in [0.25, 0.3) is 0 Å². The molecular formula is C50H91NO7P+. The van der Waals surface area contributed by atoms with Crippen LogP contribution in [0.15, 0.2) is 72.9 Å². The van der Waals surface area contributed by atoms with Gasteiger partial charge in [-0.3, -0.25) is 13.8 Å². The van der Waals surface area contributed by atoms with E-state index >= 15 is 0 Å². The molecule has 1 N–H and O–H groups in total. The fraction of sp³-hybridized carbons (Fsp3) is 0.740. The van der Waals surface area contributed by atoms with Crippen molar-refractivity contribution in [3.8, 4) is 0 Å². The van der Waals surface area contributed by atoms with Gasteiger partial charge < -0.3 is 18.9 Å². The lowest BCUT2D eigenvalue weighted by Gasteiger charge is -2.24. The first kappa shape index (κ1) is 56.9. The lowest BCUT2D eigenvalue weighted by molar-refractivity contribution is -0.870. The molecule has 59 heavy (non-hydrogen) atoms. The summed E-state index contributed by atoms with van der Waals surface area (Å²) in [5, 5.41) is 0. The predicted octanol–water partition coefficient (Wildman–Crippen LogP) is 14.3. The molecule has 342 valence electrons. The van der Waals surface area contributed by atoms with Gasteiger partial charge >= 0.3 is 13.8 Å². The highest BCUT2D eigenvalue weighted by molar-refractivity contribution is 7.47. The molecule has 0 saturated heterocycles. The van der Waals surface area contributed by atoms with Crippen LogP contribution in [-0.4, -0.2) is 75.6 Å². The van der Waals surface area contributed by atoms with Gasteiger partial charge in [0.2, 0.25) is 0 Å². The first-order valence-electron chi connectivity index (χ1n) is 23.7. The van der Waals surface area contributed by atoms with Gasteiger partial charge in [-0.05, 0) is 77.0 Å². The van der Waals surface area contributed by atoms with Crippen LogP contribution in [0.4, 0.5) is 0 Å². The highest BCUT2D eigenvalue weighted by Crippen LogP contribution is 2.43. The number of hydrogen-bond acceptors (Lipinski definition) is 6. The molecule has 0 spiro atoms. The fourth-order valence-corrected chi connectivity index (χ4v) is 6.85. The Kier molecular flexibility index (Phi) is 41.1. The summed E-state index contributed by atoms with van der Waals surface area (Å²) >= 11 is 0. The molecule has 2 unspecified atom stereocenters. The first-order valence-corrected chi connectivity index (χ1v) is 25.2. The van der Waals surface area contributed by atoms with Gasteiger partial charge in [-0.2, -0.15) is 0 Å². The maximum absolute atomic E-state index is 12.7. The van der Waals surface area contributed by atoms with Crippen molar-refractivity contribution in [1.82, 2.24) is 0 Å². The SMILES string of the molecule is CC/C=C\C/C=C\C/C=C\C/C=C\CCCCCCCCCCCCCOCC(COP(=O)(O)OCC[N+](C)(C)C)OC(=O)CCCCCCC/C=C\C/C=C\CCC. The number of phosphoric acid groups is 1. The summed E-state index contributed by atoms with van der Waals surface area (Å²) in [5.41, 5.74) is 0. The molecule has 0 fully saturated rings. The largest absolute Gasteiger partial charge is 0.472 e. The lowest BCUT2D eigenvalue weighted by Crippen LogP contribution is -2.37. The third kappa shape index (κ3) is 46.9. The summed E-state index contributed by atoms with van der Waals surface area (Å²) in [4.78, 5) is 22.9. The van der Waals surface area contributed by atoms with Gasteiger partial charge in [-0.25, -0.2) is 4.57 Å². The van der Waals surface area contributed by atoms with Gasteiger partial charge in [-0.15, -0.1) is 0 Å². The van der Waals surface area contributed by atoms with Crippen LogP contribution in [0, 0.1) is 0 Å². The molecule has 0 aliphatic heterocycles. The second-order valence-electron chi connectivity index (χ2n) is 16.8. The van der Waals surface area contributed by atoms with Crippen molar-refractivity contribution >= 4 is 13.8 Å². The molecule has 0 aromatic carbocycles. The van der Waals surface area contributed by atoms with Crippen LogP contribution in [0.1, 0.15) is 181 Å². The minimum Gasteiger partial charge on any atom is -0.457 e. The maximum Gasteiger partial charge on any atom is 0.472 e. The monoisotopic (exact) mass is 849 g/mol. The Morgan fingerprint density at radius 1 is 0.542 bits per heavy atom. The van der Waals surface area contributed by atoms with E-state index in [2.05, 4.69) is 86.8 Å². The topological polar surface area (TPSA) is 91.3 Å². The summed E-state index contributed by atoms with van der Waals surface area (Å²) in [6.45, 7) is 5.41. The summed E-state index contributed by atoms with van der Waals surface area (Å²) in [6.07, 6.45) is 55.2. The second-order valence-corrected chi connectivity index (χ2v) is 18.2. The zero-order valence-electron chi connectivity index (χ0n) is 38.7. The van der Waals surface area contributed by atoms with E-state index in [0.29, 0.717) is 24.1 Å². The van der Waals surface area contributed by atoms with Crippen LogP contribution in [0.25, 0.3) is 0 Å². The number of carbonyl (C=O) groups excluding carboxylic acids is 1. The number of nitrogens with zero attached hydrogens (tertiary/aromatic N) is 1. The number of rotatable bonds is 43. The minimum absolute atomic E-state index is 0.0820. The smallest absolute Gasteiger partial charge is 0.457 e. The molecule has 0 saturated carbocycles. The molecular weight excluding hydrogens is 758 g/mol. The summed E-state index contributed by atoms with van der Waals surface area (Å²) < 4.78 is 35.0. The third-order valence-electron chi connectivity index (χ3n) is 9.73. The van der Waals surface area contributed by atoms with Gasteiger partial charge in [0, 0.05) is 13.0 Å². The Morgan fingerprint density at radius 3 is 1.47 bits per heavy atom. The third-order valence-corrected chi connectivity index (χ3v) is 10.7. The molecule has 0 bridgehead atoms. The Morgan fingerprint density at radius 2 is 0.983 bits per heavy atom. The predicted molar refractivity (Wildman–Crippen MR) is 252 cm³/mol. The van der Waals surface area contributed by atoms with E-state index in [-0.39, 0.29) is 25.8 Å². The number of unbranched alkanes of at least 4 members (excludes halogenated alkanes) is 17. The summed E-state index contributed by atoms with van der Waals surface area (Å²) in [6, 6.07) is 0. The normalized spacial score (nSPS) is 14.3. The first-order chi connectivity index (χ1) is 28.6. The number of allylic oxidation sites excluding steroid dienone is 12. The van der Waals surface area contributed by atoms with Crippen molar-refractivity contribution in [1.29, 1.82) is 0 Å². The number of ether oxygens (including phenoxy) is 2. The molecule has 0 heterocycles. The van der Waals surface area contributed by atoms with Gasteiger partial charge in [0.05, 0.1) is 34.4 Å². The Balaban J connectivity index is 4.14. The molecule has 0 amide bonds. The Labute approximate surface area is 363 Å². The van der Waals surface area contributed by atoms with E-state index in [1.165, 1.54) is 70.6 Å². The summed E-state index contributed by atoms with van der Waals surface area (Å²) in [5.74, 6) is -0.332. The quantitative estimate of drug-likeness (QED) is 0.0215. The van der Waals surface area contributed by atoms with Crippen LogP contribution >= 0.6 is 7.82 Å². The molecule has 0 aromatic rings. The zero-order valence-corrected chi connectivity index (χ0v) is 39.6. The Hall–Kier alpha value is -2.06. The highest BCUT2D eigenvalue weighted by Gasteiger charge is 2.26. The van der Waals surface area contributed by atoms with Gasteiger partial charge in [0.1, 0.15) is 19.3 Å². The fourth-order valence-electron chi connectivity index (χ4n) is 6.11. The van der Waals surface area contributed by atoms with Crippen LogP contribution < -0.4 is 0 Å². The van der Waals surface area contributed by atoms with Gasteiger partial charge in [-0.1, -0.05) is 170 Å². The average molecular weight is 849 g/mol. The van der Waals surface area contributed by atoms with Gasteiger partial charge in [0.15, 0.2) is 0 Å². The van der Waals surface area contributed by atoms with E-state index in [0.717, 1.165) is 89.9 Å². The standard InChI is InChI=1S/C50H90NO7P/c1-6-8-10-12-14-16-18-20-21-22-23-24-25-26-27-28-29-30-32-34-36-38-40-42-45-55-47-49(48-57-59(53,54)56-46-44-51(3,4)5)58-50(52)43-41-39-37-35-33-31-19-17-15-13-11-9-7-2/h8,10-11,13-14,16-17,19-21,23-24,49H,6-7,9,12,15,18,22,25-48H2,1-5H3/p+1/b10-8-,13-11-,16-14-,19-17-,21-20-,24-23-. The van der Waals surface area contributed by atoms with Crippen molar-refractivity contribution in [2.24, 2.45) is 0 Å². The maximum atomic E-state index is 12.7. The number of hydrogen-bond donors (Lipinski definition) is 1. The second kappa shape index (κ2) is 42.6. The number of esters is 1. The highest BCUT2D eigenvalue weighted by atomic mass is 31.2. The van der Waals surface area contributed by atoms with E-state index in [1.54, 1.807) is 0 Å². The van der Waals surface area contributed by atoms with Crippen LogP contribution in [0.3, 0.4) is 0 Å². The van der Waals surface area contributed by atoms with Crippen molar-refractivity contribution < 1.29 is 37.3 Å². The minimum atomic E-state index is -4.28. The molecule has 9 heteroatoms. The average Bonchev–Trinajstić information content (AvgIpc) is 3.19. The van der Waals surface area contributed by atoms with E-state index in [1.807, 2.05) is 21.1 Å². The number of likely N-dealkylation sites (N-methyl/N-ethyl adjacent to an activating group) is 1. The molecule has 0 aliphatic rings.